The van der Waals surface area contributed by atoms with Crippen molar-refractivity contribution in [3.63, 3.8) is 0 Å². The van der Waals surface area contributed by atoms with E-state index in [0.29, 0.717) is 16.5 Å². The van der Waals surface area contributed by atoms with Crippen molar-refractivity contribution < 1.29 is 4.79 Å². The summed E-state index contributed by atoms with van der Waals surface area (Å²) in [4.78, 5) is 12.3. The van der Waals surface area contributed by atoms with E-state index in [0.717, 1.165) is 22.3 Å². The molecule has 98 valence electrons. The van der Waals surface area contributed by atoms with Crippen LogP contribution in [0.4, 0.5) is 0 Å². The largest absolute Gasteiger partial charge is 0.294 e. The summed E-state index contributed by atoms with van der Waals surface area (Å²) in [7, 11) is 0. The quantitative estimate of drug-likeness (QED) is 0.725. The summed E-state index contributed by atoms with van der Waals surface area (Å²) in [5.74, 6) is 0.0745. The van der Waals surface area contributed by atoms with Crippen LogP contribution in [-0.2, 0) is 6.42 Å². The molecule has 0 aliphatic rings. The zero-order chi connectivity index (χ0) is 14.0. The molecule has 0 aliphatic carbocycles. The van der Waals surface area contributed by atoms with Crippen molar-refractivity contribution >= 4 is 29.0 Å². The Morgan fingerprint density at radius 2 is 1.84 bits per heavy atom. The predicted molar refractivity (Wildman–Crippen MR) is 80.4 cm³/mol. The fourth-order valence-electron chi connectivity index (χ4n) is 1.99. The lowest BCUT2D eigenvalue weighted by Crippen LogP contribution is -2.07. The third-order valence-corrected chi connectivity index (χ3v) is 3.86. The van der Waals surface area contributed by atoms with Gasteiger partial charge in [-0.2, -0.15) is 0 Å². The number of ketones is 1. The maximum Gasteiger partial charge on any atom is 0.167 e. The Morgan fingerprint density at radius 1 is 1.11 bits per heavy atom. The molecule has 0 fully saturated rings. The first-order valence-corrected chi connectivity index (χ1v) is 6.78. The number of halogens is 2. The molecule has 0 spiro atoms. The number of carbonyl (C=O) groups excluding carboxylic acids is 1. The van der Waals surface area contributed by atoms with Crippen LogP contribution in [0.2, 0.25) is 10.0 Å². The van der Waals surface area contributed by atoms with Gasteiger partial charge in [0.2, 0.25) is 0 Å². The maximum absolute atomic E-state index is 12.3. The maximum atomic E-state index is 12.3. The van der Waals surface area contributed by atoms with Crippen molar-refractivity contribution in [1.29, 1.82) is 0 Å². The molecule has 0 aliphatic heterocycles. The highest BCUT2D eigenvalue weighted by Gasteiger charge is 2.12. The predicted octanol–water partition coefficient (Wildman–Crippen LogP) is 5.04. The Labute approximate surface area is 123 Å². The second kappa shape index (κ2) is 5.77. The van der Waals surface area contributed by atoms with Crippen molar-refractivity contribution in [2.45, 2.75) is 20.3 Å². The summed E-state index contributed by atoms with van der Waals surface area (Å²) in [6.45, 7) is 3.97. The number of aryl methyl sites for hydroxylation is 1. The highest BCUT2D eigenvalue weighted by atomic mass is 35.5. The van der Waals surface area contributed by atoms with Crippen molar-refractivity contribution in [1.82, 2.24) is 0 Å². The SMILES string of the molecule is Cc1cccc(C(=O)Cc2ccc(Cl)cc2Cl)c1C. The fraction of sp³-hybridized carbons (Fsp3) is 0.188. The number of benzene rings is 2. The monoisotopic (exact) mass is 292 g/mol. The second-order valence-electron chi connectivity index (χ2n) is 4.58. The molecule has 0 radical (unpaired) electrons. The molecule has 1 nitrogen and oxygen atoms in total. The van der Waals surface area contributed by atoms with Crippen LogP contribution in [0.1, 0.15) is 27.0 Å². The van der Waals surface area contributed by atoms with E-state index in [4.69, 9.17) is 23.2 Å². The van der Waals surface area contributed by atoms with Gasteiger partial charge in [0.25, 0.3) is 0 Å². The fourth-order valence-corrected chi connectivity index (χ4v) is 2.46. The Kier molecular flexibility index (Phi) is 4.28. The van der Waals surface area contributed by atoms with Crippen LogP contribution >= 0.6 is 23.2 Å². The van der Waals surface area contributed by atoms with E-state index in [1.165, 1.54) is 0 Å². The highest BCUT2D eigenvalue weighted by molar-refractivity contribution is 6.35. The number of carbonyl (C=O) groups is 1. The molecule has 0 amide bonds. The molecule has 3 heteroatoms. The zero-order valence-corrected chi connectivity index (χ0v) is 12.3. The molecule has 0 saturated heterocycles. The zero-order valence-electron chi connectivity index (χ0n) is 10.8. The first kappa shape index (κ1) is 14.1. The minimum absolute atomic E-state index is 0.0745. The lowest BCUT2D eigenvalue weighted by molar-refractivity contribution is 0.0992. The van der Waals surface area contributed by atoms with Gasteiger partial charge in [-0.25, -0.2) is 0 Å². The van der Waals surface area contributed by atoms with Crippen molar-refractivity contribution in [3.8, 4) is 0 Å². The molecule has 0 atom stereocenters. The third-order valence-electron chi connectivity index (χ3n) is 3.27. The van der Waals surface area contributed by atoms with Gasteiger partial charge >= 0.3 is 0 Å². The molecule has 0 unspecified atom stereocenters. The first-order chi connectivity index (χ1) is 8.99. The molecule has 0 bridgehead atoms. The smallest absolute Gasteiger partial charge is 0.167 e. The normalized spacial score (nSPS) is 10.5. The molecular formula is C16H14Cl2O. The van der Waals surface area contributed by atoms with Crippen LogP contribution in [0, 0.1) is 13.8 Å². The van der Waals surface area contributed by atoms with E-state index in [2.05, 4.69) is 0 Å². The van der Waals surface area contributed by atoms with Crippen LogP contribution in [0.5, 0.6) is 0 Å². The molecule has 2 aromatic carbocycles. The van der Waals surface area contributed by atoms with E-state index in [1.54, 1.807) is 18.2 Å². The van der Waals surface area contributed by atoms with E-state index >= 15 is 0 Å². The Balaban J connectivity index is 2.28. The van der Waals surface area contributed by atoms with Gasteiger partial charge in [0.05, 0.1) is 0 Å². The summed E-state index contributed by atoms with van der Waals surface area (Å²) < 4.78 is 0. The van der Waals surface area contributed by atoms with Gasteiger partial charge in [-0.3, -0.25) is 4.79 Å². The summed E-state index contributed by atoms with van der Waals surface area (Å²) in [6.07, 6.45) is 0.292. The lowest BCUT2D eigenvalue weighted by atomic mass is 9.96. The molecule has 0 N–H and O–H groups in total. The molecule has 0 aromatic heterocycles. The Hall–Kier alpha value is -1.31. The molecule has 19 heavy (non-hydrogen) atoms. The van der Waals surface area contributed by atoms with Gasteiger partial charge in [-0.05, 0) is 42.7 Å². The minimum atomic E-state index is 0.0745. The van der Waals surface area contributed by atoms with E-state index in [-0.39, 0.29) is 5.78 Å². The summed E-state index contributed by atoms with van der Waals surface area (Å²) in [6, 6.07) is 11.0. The molecular weight excluding hydrogens is 279 g/mol. The van der Waals surface area contributed by atoms with Gasteiger partial charge in [0.1, 0.15) is 0 Å². The highest BCUT2D eigenvalue weighted by Crippen LogP contribution is 2.23. The second-order valence-corrected chi connectivity index (χ2v) is 5.43. The minimum Gasteiger partial charge on any atom is -0.294 e. The van der Waals surface area contributed by atoms with Gasteiger partial charge in [0.15, 0.2) is 5.78 Å². The van der Waals surface area contributed by atoms with E-state index < -0.39 is 0 Å². The van der Waals surface area contributed by atoms with Crippen LogP contribution < -0.4 is 0 Å². The molecule has 2 aromatic rings. The molecule has 0 heterocycles. The average molecular weight is 293 g/mol. The van der Waals surface area contributed by atoms with E-state index in [9.17, 15) is 4.79 Å². The van der Waals surface area contributed by atoms with Gasteiger partial charge in [-0.15, -0.1) is 0 Å². The average Bonchev–Trinajstić information content (AvgIpc) is 2.36. The van der Waals surface area contributed by atoms with Gasteiger partial charge < -0.3 is 0 Å². The summed E-state index contributed by atoms with van der Waals surface area (Å²) >= 11 is 11.9. The van der Waals surface area contributed by atoms with Gasteiger partial charge in [0, 0.05) is 22.0 Å². The van der Waals surface area contributed by atoms with Gasteiger partial charge in [-0.1, -0.05) is 47.5 Å². The Bertz CT molecular complexity index is 633. The first-order valence-electron chi connectivity index (χ1n) is 6.02. The number of rotatable bonds is 3. The van der Waals surface area contributed by atoms with Crippen LogP contribution in [-0.4, -0.2) is 5.78 Å². The summed E-state index contributed by atoms with van der Waals surface area (Å²) in [5, 5.41) is 1.11. The standard InChI is InChI=1S/C16H14Cl2O/c1-10-4-3-5-14(11(10)2)16(19)8-12-6-7-13(17)9-15(12)18/h3-7,9H,8H2,1-2H3. The number of Topliss-reactive ketones (excluding diaryl/α,β-unsaturated/α-hetero) is 1. The van der Waals surface area contributed by atoms with Crippen molar-refractivity contribution in [2.24, 2.45) is 0 Å². The van der Waals surface area contributed by atoms with Crippen molar-refractivity contribution in [3.05, 3.63) is 68.7 Å². The molecule has 0 saturated carbocycles. The molecule has 2 rings (SSSR count). The Morgan fingerprint density at radius 3 is 2.53 bits per heavy atom. The number of hydrogen-bond acceptors (Lipinski definition) is 1. The topological polar surface area (TPSA) is 17.1 Å². The lowest BCUT2D eigenvalue weighted by Gasteiger charge is -2.08. The summed E-state index contributed by atoms with van der Waals surface area (Å²) in [5.41, 5.74) is 3.70. The number of hydrogen-bond donors (Lipinski definition) is 0. The van der Waals surface area contributed by atoms with Crippen LogP contribution in [0.15, 0.2) is 36.4 Å². The van der Waals surface area contributed by atoms with Crippen LogP contribution in [0.25, 0.3) is 0 Å². The van der Waals surface area contributed by atoms with E-state index in [1.807, 2.05) is 32.0 Å². The third kappa shape index (κ3) is 3.17. The van der Waals surface area contributed by atoms with Crippen molar-refractivity contribution in [2.75, 3.05) is 0 Å². The van der Waals surface area contributed by atoms with Crippen LogP contribution in [0.3, 0.4) is 0 Å².